The van der Waals surface area contributed by atoms with E-state index in [1.807, 2.05) is 0 Å². The summed E-state index contributed by atoms with van der Waals surface area (Å²) < 4.78 is 10.5. The van der Waals surface area contributed by atoms with E-state index < -0.39 is 0 Å². The van der Waals surface area contributed by atoms with Crippen LogP contribution in [0.3, 0.4) is 0 Å². The van der Waals surface area contributed by atoms with Gasteiger partial charge in [-0.1, -0.05) is 0 Å². The first-order valence-electron chi connectivity index (χ1n) is 4.36. The van der Waals surface area contributed by atoms with Crippen LogP contribution in [0.1, 0.15) is 23.9 Å². The molecule has 2 rings (SSSR count). The van der Waals surface area contributed by atoms with Crippen LogP contribution in [0.25, 0.3) is 0 Å². The van der Waals surface area contributed by atoms with Crippen LogP contribution in [0.15, 0.2) is 10.7 Å². The van der Waals surface area contributed by atoms with Gasteiger partial charge in [-0.15, -0.1) is 0 Å². The Balaban J connectivity index is 2.07. The summed E-state index contributed by atoms with van der Waals surface area (Å²) in [6, 6.07) is 0. The Hall–Kier alpha value is -1.16. The fraction of sp³-hybridized carbons (Fsp3) is 0.556. The van der Waals surface area contributed by atoms with Crippen molar-refractivity contribution in [2.24, 2.45) is 0 Å². The summed E-state index contributed by atoms with van der Waals surface area (Å²) in [5, 5.41) is 0. The van der Waals surface area contributed by atoms with Crippen LogP contribution < -0.4 is 0 Å². The molecule has 0 bridgehead atoms. The van der Waals surface area contributed by atoms with E-state index >= 15 is 0 Å². The summed E-state index contributed by atoms with van der Waals surface area (Å²) >= 11 is 0. The molecule has 4 heteroatoms. The molecule has 1 aromatic rings. The highest BCUT2D eigenvalue weighted by Gasteiger charge is 2.22. The topological polar surface area (TPSA) is 52.3 Å². The molecule has 0 saturated carbocycles. The molecule has 1 aliphatic rings. The molecule has 0 N–H and O–H groups in total. The maximum Gasteiger partial charge on any atom is 0.199 e. The van der Waals surface area contributed by atoms with E-state index in [1.165, 1.54) is 0 Å². The van der Waals surface area contributed by atoms with E-state index in [-0.39, 0.29) is 5.92 Å². The molecule has 0 amide bonds. The highest BCUT2D eigenvalue weighted by atomic mass is 16.5. The summed E-state index contributed by atoms with van der Waals surface area (Å²) in [6.07, 6.45) is 3.66. The minimum absolute atomic E-state index is 0.278. The summed E-state index contributed by atoms with van der Waals surface area (Å²) in [7, 11) is 0. The number of carbonyl (C=O) groups excluding carboxylic acids is 1. The smallest absolute Gasteiger partial charge is 0.199 e. The number of aromatic nitrogens is 1. The van der Waals surface area contributed by atoms with Crippen molar-refractivity contribution in [1.82, 2.24) is 4.98 Å². The van der Waals surface area contributed by atoms with Crippen molar-refractivity contribution in [3.05, 3.63) is 17.8 Å². The quantitative estimate of drug-likeness (QED) is 0.650. The molecule has 1 aliphatic heterocycles. The van der Waals surface area contributed by atoms with Gasteiger partial charge in [0.1, 0.15) is 12.5 Å². The third kappa shape index (κ3) is 1.78. The van der Waals surface area contributed by atoms with E-state index in [1.54, 1.807) is 6.26 Å². The Bertz CT molecular complexity index is 289. The fourth-order valence-corrected chi connectivity index (χ4v) is 1.42. The van der Waals surface area contributed by atoms with Gasteiger partial charge in [0.25, 0.3) is 0 Å². The normalized spacial score (nSPS) is 22.0. The predicted molar refractivity (Wildman–Crippen MR) is 44.4 cm³/mol. The molecule has 1 aromatic heterocycles. The highest BCUT2D eigenvalue weighted by Crippen LogP contribution is 2.24. The van der Waals surface area contributed by atoms with E-state index in [4.69, 9.17) is 9.15 Å². The number of aldehydes is 1. The van der Waals surface area contributed by atoms with Crippen LogP contribution in [0, 0.1) is 0 Å². The molecule has 0 radical (unpaired) electrons. The molecule has 1 saturated heterocycles. The lowest BCUT2D eigenvalue weighted by molar-refractivity contribution is -0.107. The van der Waals surface area contributed by atoms with Crippen LogP contribution in [0.5, 0.6) is 0 Å². The molecule has 4 nitrogen and oxygen atoms in total. The van der Waals surface area contributed by atoms with Gasteiger partial charge in [-0.2, -0.15) is 0 Å². The van der Waals surface area contributed by atoms with Gasteiger partial charge in [-0.05, 0) is 6.42 Å². The lowest BCUT2D eigenvalue weighted by Crippen LogP contribution is -1.98. The summed E-state index contributed by atoms with van der Waals surface area (Å²) in [5.41, 5.74) is 0.705. The van der Waals surface area contributed by atoms with Crippen LogP contribution in [-0.2, 0) is 16.0 Å². The molecule has 70 valence electrons. The van der Waals surface area contributed by atoms with Crippen LogP contribution in [0.2, 0.25) is 0 Å². The SMILES string of the molecule is O=CCc1coc(C2CCOC2)n1. The summed E-state index contributed by atoms with van der Waals surface area (Å²) in [4.78, 5) is 14.4. The average Bonchev–Trinajstić information content (AvgIpc) is 2.70. The molecule has 0 spiro atoms. The zero-order valence-corrected chi connectivity index (χ0v) is 7.23. The second-order valence-electron chi connectivity index (χ2n) is 3.11. The number of rotatable bonds is 3. The minimum Gasteiger partial charge on any atom is -0.448 e. The zero-order chi connectivity index (χ0) is 9.10. The average molecular weight is 181 g/mol. The van der Waals surface area contributed by atoms with Crippen LogP contribution >= 0.6 is 0 Å². The molecule has 1 unspecified atom stereocenters. The molecule has 2 heterocycles. The van der Waals surface area contributed by atoms with Gasteiger partial charge in [0.15, 0.2) is 5.89 Å². The summed E-state index contributed by atoms with van der Waals surface area (Å²) in [6.45, 7) is 1.46. The Kier molecular flexibility index (Phi) is 2.40. The minimum atomic E-state index is 0.278. The maximum absolute atomic E-state index is 10.2. The number of hydrogen-bond acceptors (Lipinski definition) is 4. The second-order valence-corrected chi connectivity index (χ2v) is 3.11. The van der Waals surface area contributed by atoms with E-state index in [0.717, 1.165) is 19.3 Å². The number of oxazole rings is 1. The zero-order valence-electron chi connectivity index (χ0n) is 7.23. The Morgan fingerprint density at radius 1 is 1.69 bits per heavy atom. The Morgan fingerprint density at radius 3 is 3.31 bits per heavy atom. The molecule has 0 aromatic carbocycles. The number of carbonyl (C=O) groups is 1. The van der Waals surface area contributed by atoms with Gasteiger partial charge >= 0.3 is 0 Å². The first kappa shape index (κ1) is 8.44. The van der Waals surface area contributed by atoms with E-state index in [2.05, 4.69) is 4.98 Å². The van der Waals surface area contributed by atoms with E-state index in [9.17, 15) is 4.79 Å². The lowest BCUT2D eigenvalue weighted by atomic mass is 10.1. The van der Waals surface area contributed by atoms with Gasteiger partial charge < -0.3 is 13.9 Å². The van der Waals surface area contributed by atoms with Crippen molar-refractivity contribution in [2.75, 3.05) is 13.2 Å². The Labute approximate surface area is 75.9 Å². The monoisotopic (exact) mass is 181 g/mol. The van der Waals surface area contributed by atoms with Gasteiger partial charge in [0.2, 0.25) is 0 Å². The third-order valence-electron chi connectivity index (χ3n) is 2.14. The third-order valence-corrected chi connectivity index (χ3v) is 2.14. The van der Waals surface area contributed by atoms with Crippen molar-refractivity contribution in [1.29, 1.82) is 0 Å². The molecule has 13 heavy (non-hydrogen) atoms. The first-order chi connectivity index (χ1) is 6.40. The predicted octanol–water partition coefficient (Wildman–Crippen LogP) is 0.920. The lowest BCUT2D eigenvalue weighted by Gasteiger charge is -1.98. The first-order valence-corrected chi connectivity index (χ1v) is 4.36. The molecule has 1 atom stereocenters. The standard InChI is InChI=1S/C9H11NO3/c11-3-1-8-6-13-9(10-8)7-2-4-12-5-7/h3,6-7H,1-2,4-5H2. The highest BCUT2D eigenvalue weighted by molar-refractivity contribution is 5.53. The Morgan fingerprint density at radius 2 is 2.62 bits per heavy atom. The van der Waals surface area contributed by atoms with Crippen molar-refractivity contribution >= 4 is 6.29 Å². The number of hydrogen-bond donors (Lipinski definition) is 0. The van der Waals surface area contributed by atoms with Gasteiger partial charge in [-0.3, -0.25) is 0 Å². The van der Waals surface area contributed by atoms with Crippen molar-refractivity contribution < 1.29 is 13.9 Å². The number of nitrogens with zero attached hydrogens (tertiary/aromatic N) is 1. The molecule has 1 fully saturated rings. The van der Waals surface area contributed by atoms with Crippen LogP contribution in [0.4, 0.5) is 0 Å². The van der Waals surface area contributed by atoms with E-state index in [0.29, 0.717) is 24.6 Å². The molecule has 0 aliphatic carbocycles. The fourth-order valence-electron chi connectivity index (χ4n) is 1.42. The maximum atomic E-state index is 10.2. The van der Waals surface area contributed by atoms with Crippen molar-refractivity contribution in [2.45, 2.75) is 18.8 Å². The second kappa shape index (κ2) is 3.70. The number of ether oxygens (including phenoxy) is 1. The van der Waals surface area contributed by atoms with Crippen LogP contribution in [-0.4, -0.2) is 24.5 Å². The largest absolute Gasteiger partial charge is 0.448 e. The van der Waals surface area contributed by atoms with Gasteiger partial charge in [0.05, 0.1) is 18.2 Å². The van der Waals surface area contributed by atoms with Gasteiger partial charge in [0, 0.05) is 13.0 Å². The molecular formula is C9H11NO3. The van der Waals surface area contributed by atoms with Crippen molar-refractivity contribution in [3.8, 4) is 0 Å². The summed E-state index contributed by atoms with van der Waals surface area (Å²) in [5.74, 6) is 0.981. The van der Waals surface area contributed by atoms with Crippen molar-refractivity contribution in [3.63, 3.8) is 0 Å². The van der Waals surface area contributed by atoms with Gasteiger partial charge in [-0.25, -0.2) is 4.98 Å². The molecular weight excluding hydrogens is 170 g/mol.